The van der Waals surface area contributed by atoms with Gasteiger partial charge in [-0.3, -0.25) is 0 Å². The Bertz CT molecular complexity index is 1760. The summed E-state index contributed by atoms with van der Waals surface area (Å²) in [7, 11) is 0. The lowest BCUT2D eigenvalue weighted by Gasteiger charge is -2.37. The maximum absolute atomic E-state index is 12.6. The summed E-state index contributed by atoms with van der Waals surface area (Å²) in [4.78, 5) is 29.9. The lowest BCUT2D eigenvalue weighted by atomic mass is 9.99. The van der Waals surface area contributed by atoms with Gasteiger partial charge in [-0.25, -0.2) is 24.3 Å². The van der Waals surface area contributed by atoms with E-state index in [2.05, 4.69) is 37.1 Å². The third kappa shape index (κ3) is 5.60. The third-order valence-corrected chi connectivity index (χ3v) is 7.24. The van der Waals surface area contributed by atoms with Gasteiger partial charge >= 0.3 is 6.09 Å². The first-order valence-electron chi connectivity index (χ1n) is 13.4. The van der Waals surface area contributed by atoms with E-state index in [1.165, 1.54) is 6.33 Å². The van der Waals surface area contributed by atoms with E-state index in [4.69, 9.17) is 21.1 Å². The van der Waals surface area contributed by atoms with Crippen LogP contribution in [0.15, 0.2) is 61.3 Å². The van der Waals surface area contributed by atoms with E-state index in [0.717, 1.165) is 33.4 Å². The summed E-state index contributed by atoms with van der Waals surface area (Å²) in [5.41, 5.74) is 4.78. The highest BCUT2D eigenvalue weighted by atomic mass is 35.5. The molecule has 0 bridgehead atoms. The van der Waals surface area contributed by atoms with Gasteiger partial charge in [-0.1, -0.05) is 17.7 Å². The van der Waals surface area contributed by atoms with E-state index >= 15 is 0 Å². The van der Waals surface area contributed by atoms with Crippen molar-refractivity contribution in [2.24, 2.45) is 0 Å². The minimum Gasteiger partial charge on any atom is -0.456 e. The van der Waals surface area contributed by atoms with E-state index in [0.29, 0.717) is 48.3 Å². The van der Waals surface area contributed by atoms with Gasteiger partial charge in [-0.15, -0.1) is 0 Å². The van der Waals surface area contributed by atoms with Gasteiger partial charge in [0.05, 0.1) is 10.5 Å². The standard InChI is InChI=1S/C30H30ClN7O3/c1-19-23-14-21(36-9-11-37(12-10-36)29(39)41-30(2,3)4)15-24(28(23)34-17-32-19)20-5-6-26(25(31)13-20)40-22-7-8-38-27(16-22)33-18-35-38/h5-8,13-18H,9-12H2,1-4H3. The smallest absolute Gasteiger partial charge is 0.410 e. The molecule has 0 saturated carbocycles. The Kier molecular flexibility index (Phi) is 6.86. The molecule has 0 atom stereocenters. The second-order valence-electron chi connectivity index (χ2n) is 11.0. The first-order chi connectivity index (χ1) is 19.6. The van der Waals surface area contributed by atoms with Crippen LogP contribution in [0, 0.1) is 6.92 Å². The Morgan fingerprint density at radius 2 is 1.76 bits per heavy atom. The summed E-state index contributed by atoms with van der Waals surface area (Å²) in [5, 5.41) is 5.55. The fourth-order valence-corrected chi connectivity index (χ4v) is 5.11. The molecular weight excluding hydrogens is 542 g/mol. The molecule has 41 heavy (non-hydrogen) atoms. The van der Waals surface area contributed by atoms with E-state index in [1.807, 2.05) is 52.0 Å². The minimum absolute atomic E-state index is 0.279. The SMILES string of the molecule is Cc1ncnc2c(-c3ccc(Oc4ccn5ncnc5c4)c(Cl)c3)cc(N3CCN(C(=O)OC(C)(C)C)CC3)cc12. The van der Waals surface area contributed by atoms with Crippen molar-refractivity contribution in [3.63, 3.8) is 0 Å². The van der Waals surface area contributed by atoms with Crippen molar-refractivity contribution >= 4 is 39.9 Å². The molecule has 3 aromatic heterocycles. The molecule has 1 aliphatic heterocycles. The number of aromatic nitrogens is 5. The first kappa shape index (κ1) is 26.8. The third-order valence-electron chi connectivity index (χ3n) is 6.94. The van der Waals surface area contributed by atoms with Gasteiger partial charge in [0.2, 0.25) is 0 Å². The van der Waals surface area contributed by atoms with Crippen LogP contribution < -0.4 is 9.64 Å². The molecule has 2 aromatic carbocycles. The molecule has 1 amide bonds. The quantitative estimate of drug-likeness (QED) is 0.253. The largest absolute Gasteiger partial charge is 0.456 e. The molecule has 1 fully saturated rings. The number of piperazine rings is 1. The average Bonchev–Trinajstić information content (AvgIpc) is 3.41. The molecule has 1 aliphatic rings. The number of aryl methyl sites for hydroxylation is 1. The second-order valence-corrected chi connectivity index (χ2v) is 11.4. The van der Waals surface area contributed by atoms with Gasteiger partial charge in [-0.2, -0.15) is 5.10 Å². The van der Waals surface area contributed by atoms with Crippen molar-refractivity contribution in [3.05, 3.63) is 72.0 Å². The Balaban J connectivity index is 1.29. The zero-order valence-electron chi connectivity index (χ0n) is 23.3. The van der Waals surface area contributed by atoms with Crippen molar-refractivity contribution in [2.45, 2.75) is 33.3 Å². The number of halogens is 1. The lowest BCUT2D eigenvalue weighted by Crippen LogP contribution is -2.50. The van der Waals surface area contributed by atoms with Crippen LogP contribution in [0.5, 0.6) is 11.5 Å². The number of carbonyl (C=O) groups is 1. The number of pyridine rings is 1. The normalized spacial score (nSPS) is 14.1. The summed E-state index contributed by atoms with van der Waals surface area (Å²) in [6.45, 7) is 10.1. The molecule has 0 N–H and O–H groups in total. The Labute approximate surface area is 242 Å². The van der Waals surface area contributed by atoms with Gasteiger partial charge in [0, 0.05) is 60.8 Å². The molecular formula is C30H30ClN7O3. The molecule has 11 heteroatoms. The number of nitrogens with zero attached hydrogens (tertiary/aromatic N) is 7. The Morgan fingerprint density at radius 3 is 2.51 bits per heavy atom. The maximum atomic E-state index is 12.6. The fraction of sp³-hybridized carbons (Fsp3) is 0.300. The molecule has 0 unspecified atom stereocenters. The van der Waals surface area contributed by atoms with E-state index in [1.54, 1.807) is 28.0 Å². The Morgan fingerprint density at radius 1 is 0.951 bits per heavy atom. The van der Waals surface area contributed by atoms with Gasteiger partial charge < -0.3 is 19.3 Å². The number of rotatable bonds is 4. The molecule has 210 valence electrons. The topological polar surface area (TPSA) is 98.0 Å². The number of anilines is 1. The van der Waals surface area contributed by atoms with Crippen molar-refractivity contribution < 1.29 is 14.3 Å². The van der Waals surface area contributed by atoms with Gasteiger partial charge in [-0.05, 0) is 63.6 Å². The molecule has 0 radical (unpaired) electrons. The van der Waals surface area contributed by atoms with Gasteiger partial charge in [0.25, 0.3) is 0 Å². The predicted octanol–water partition coefficient (Wildman–Crippen LogP) is 6.15. The van der Waals surface area contributed by atoms with E-state index in [9.17, 15) is 4.79 Å². The number of benzene rings is 2. The summed E-state index contributed by atoms with van der Waals surface area (Å²) in [5.74, 6) is 1.14. The molecule has 1 saturated heterocycles. The number of carbonyl (C=O) groups excluding carboxylic acids is 1. The predicted molar refractivity (Wildman–Crippen MR) is 158 cm³/mol. The molecule has 5 aromatic rings. The van der Waals surface area contributed by atoms with Crippen LogP contribution in [0.1, 0.15) is 26.5 Å². The molecule has 0 aliphatic carbocycles. The van der Waals surface area contributed by atoms with Crippen LogP contribution in [0.4, 0.5) is 10.5 Å². The van der Waals surface area contributed by atoms with Gasteiger partial charge in [0.15, 0.2) is 5.65 Å². The van der Waals surface area contributed by atoms with Crippen LogP contribution in [0.3, 0.4) is 0 Å². The Hall–Kier alpha value is -4.44. The van der Waals surface area contributed by atoms with Crippen molar-refractivity contribution in [1.29, 1.82) is 0 Å². The van der Waals surface area contributed by atoms with Crippen molar-refractivity contribution in [3.8, 4) is 22.6 Å². The minimum atomic E-state index is -0.522. The summed E-state index contributed by atoms with van der Waals surface area (Å²) in [6, 6.07) is 13.6. The highest BCUT2D eigenvalue weighted by molar-refractivity contribution is 6.32. The number of fused-ring (bicyclic) bond motifs is 2. The van der Waals surface area contributed by atoms with Crippen LogP contribution in [0.25, 0.3) is 27.7 Å². The van der Waals surface area contributed by atoms with E-state index in [-0.39, 0.29) is 6.09 Å². The molecule has 6 rings (SSSR count). The van der Waals surface area contributed by atoms with Gasteiger partial charge in [0.1, 0.15) is 29.8 Å². The zero-order chi connectivity index (χ0) is 28.7. The number of hydrogen-bond donors (Lipinski definition) is 0. The van der Waals surface area contributed by atoms with Crippen molar-refractivity contribution in [2.75, 3.05) is 31.1 Å². The van der Waals surface area contributed by atoms with Crippen LogP contribution in [-0.4, -0.2) is 67.3 Å². The van der Waals surface area contributed by atoms with E-state index < -0.39 is 5.60 Å². The first-order valence-corrected chi connectivity index (χ1v) is 13.8. The number of ether oxygens (including phenoxy) is 2. The fourth-order valence-electron chi connectivity index (χ4n) is 4.89. The highest BCUT2D eigenvalue weighted by Gasteiger charge is 2.26. The van der Waals surface area contributed by atoms with Crippen LogP contribution >= 0.6 is 11.6 Å². The molecule has 4 heterocycles. The molecule has 0 spiro atoms. The van der Waals surface area contributed by atoms with Crippen LogP contribution in [0.2, 0.25) is 5.02 Å². The second kappa shape index (κ2) is 10.5. The highest BCUT2D eigenvalue weighted by Crippen LogP contribution is 2.38. The molecule has 10 nitrogen and oxygen atoms in total. The lowest BCUT2D eigenvalue weighted by molar-refractivity contribution is 0.0240. The van der Waals surface area contributed by atoms with Crippen LogP contribution in [-0.2, 0) is 4.74 Å². The number of hydrogen-bond acceptors (Lipinski definition) is 8. The zero-order valence-corrected chi connectivity index (χ0v) is 24.1. The summed E-state index contributed by atoms with van der Waals surface area (Å²) >= 11 is 6.74. The van der Waals surface area contributed by atoms with Crippen molar-refractivity contribution in [1.82, 2.24) is 29.5 Å². The number of amides is 1. The summed E-state index contributed by atoms with van der Waals surface area (Å²) < 4.78 is 13.3. The monoisotopic (exact) mass is 571 g/mol. The summed E-state index contributed by atoms with van der Waals surface area (Å²) in [6.07, 6.45) is 4.58. The maximum Gasteiger partial charge on any atom is 0.410 e. The average molecular weight is 572 g/mol.